The van der Waals surface area contributed by atoms with Crippen LogP contribution in [-0.4, -0.2) is 11.1 Å². The Labute approximate surface area is 110 Å². The van der Waals surface area contributed by atoms with Gasteiger partial charge in [-0.25, -0.2) is 4.79 Å². The molecule has 2 atom stereocenters. The maximum atomic E-state index is 11.0. The van der Waals surface area contributed by atoms with Gasteiger partial charge in [0.15, 0.2) is 0 Å². The zero-order chi connectivity index (χ0) is 13.0. The fourth-order valence-corrected chi connectivity index (χ4v) is 3.94. The molecule has 2 unspecified atom stereocenters. The number of rotatable bonds is 3. The van der Waals surface area contributed by atoms with Crippen molar-refractivity contribution in [2.75, 3.05) is 0 Å². The lowest BCUT2D eigenvalue weighted by molar-refractivity contribution is -0.132. The maximum absolute atomic E-state index is 11.0. The molecule has 0 heterocycles. The number of carboxylic acid groups (broad SMARTS) is 1. The first-order valence-electron chi connectivity index (χ1n) is 7.60. The van der Waals surface area contributed by atoms with Crippen LogP contribution in [0.2, 0.25) is 0 Å². The number of carbonyl (C=O) groups is 1. The first-order chi connectivity index (χ1) is 8.68. The average molecular weight is 250 g/mol. The van der Waals surface area contributed by atoms with Crippen LogP contribution in [0.1, 0.15) is 64.7 Å². The van der Waals surface area contributed by atoms with Crippen LogP contribution < -0.4 is 0 Å². The van der Waals surface area contributed by atoms with Crippen LogP contribution in [0.4, 0.5) is 0 Å². The van der Waals surface area contributed by atoms with Crippen LogP contribution in [0, 0.1) is 17.8 Å². The van der Waals surface area contributed by atoms with E-state index in [2.05, 4.69) is 6.08 Å². The van der Waals surface area contributed by atoms with E-state index in [1.54, 1.807) is 6.92 Å². The van der Waals surface area contributed by atoms with Crippen molar-refractivity contribution in [2.45, 2.75) is 64.7 Å². The molecule has 2 fully saturated rings. The summed E-state index contributed by atoms with van der Waals surface area (Å²) in [5.41, 5.74) is 0.544. The van der Waals surface area contributed by atoms with Gasteiger partial charge in [0, 0.05) is 5.57 Å². The molecule has 18 heavy (non-hydrogen) atoms. The third kappa shape index (κ3) is 3.37. The van der Waals surface area contributed by atoms with Gasteiger partial charge < -0.3 is 5.11 Å². The van der Waals surface area contributed by atoms with Crippen LogP contribution in [-0.2, 0) is 4.79 Å². The second kappa shape index (κ2) is 6.40. The molecular formula is C16H26O2. The molecule has 2 nitrogen and oxygen atoms in total. The van der Waals surface area contributed by atoms with E-state index in [1.165, 1.54) is 57.8 Å². The van der Waals surface area contributed by atoms with E-state index < -0.39 is 5.97 Å². The van der Waals surface area contributed by atoms with Gasteiger partial charge in [0.2, 0.25) is 0 Å². The van der Waals surface area contributed by atoms with Crippen molar-refractivity contribution in [3.63, 3.8) is 0 Å². The summed E-state index contributed by atoms with van der Waals surface area (Å²) >= 11 is 0. The Balaban J connectivity index is 2.05. The molecule has 0 aliphatic heterocycles. The van der Waals surface area contributed by atoms with Gasteiger partial charge in [-0.15, -0.1) is 0 Å². The minimum Gasteiger partial charge on any atom is -0.478 e. The van der Waals surface area contributed by atoms with Crippen LogP contribution in [0.5, 0.6) is 0 Å². The highest BCUT2D eigenvalue weighted by molar-refractivity contribution is 5.85. The number of allylic oxidation sites excluding steroid dienone is 1. The highest BCUT2D eigenvalue weighted by Gasteiger charge is 2.31. The van der Waals surface area contributed by atoms with Crippen molar-refractivity contribution in [1.29, 1.82) is 0 Å². The largest absolute Gasteiger partial charge is 0.478 e. The number of aliphatic carboxylic acids is 1. The second-order valence-corrected chi connectivity index (χ2v) is 6.17. The van der Waals surface area contributed by atoms with Gasteiger partial charge in [0.05, 0.1) is 0 Å². The van der Waals surface area contributed by atoms with E-state index in [1.807, 2.05) is 0 Å². The molecular weight excluding hydrogens is 224 g/mol. The standard InChI is InChI=1S/C16H26O2/c1-12(16(17)18)11-14-9-5-6-10-15(14)13-7-3-2-4-8-13/h11,13-15H,2-10H2,1H3,(H,17,18)/b12-11+. The van der Waals surface area contributed by atoms with Crippen molar-refractivity contribution >= 4 is 5.97 Å². The highest BCUT2D eigenvalue weighted by atomic mass is 16.4. The monoisotopic (exact) mass is 250 g/mol. The summed E-state index contributed by atoms with van der Waals surface area (Å²) in [4.78, 5) is 11.0. The number of hydrogen-bond acceptors (Lipinski definition) is 1. The Morgan fingerprint density at radius 3 is 2.28 bits per heavy atom. The molecule has 2 heteroatoms. The zero-order valence-electron chi connectivity index (χ0n) is 11.5. The van der Waals surface area contributed by atoms with Gasteiger partial charge >= 0.3 is 5.97 Å². The smallest absolute Gasteiger partial charge is 0.330 e. The van der Waals surface area contributed by atoms with Gasteiger partial charge in [-0.3, -0.25) is 0 Å². The number of hydrogen-bond donors (Lipinski definition) is 1. The van der Waals surface area contributed by atoms with E-state index >= 15 is 0 Å². The lowest BCUT2D eigenvalue weighted by Gasteiger charge is -2.38. The van der Waals surface area contributed by atoms with Gasteiger partial charge in [-0.1, -0.05) is 51.0 Å². The summed E-state index contributed by atoms with van der Waals surface area (Å²) in [6.07, 6.45) is 14.1. The third-order valence-corrected chi connectivity index (χ3v) is 4.93. The lowest BCUT2D eigenvalue weighted by atomic mass is 9.67. The molecule has 1 N–H and O–H groups in total. The van der Waals surface area contributed by atoms with Crippen molar-refractivity contribution in [3.8, 4) is 0 Å². The van der Waals surface area contributed by atoms with Gasteiger partial charge in [-0.2, -0.15) is 0 Å². The predicted molar refractivity (Wildman–Crippen MR) is 73.4 cm³/mol. The molecule has 2 rings (SSSR count). The minimum atomic E-state index is -0.747. The Hall–Kier alpha value is -0.790. The van der Waals surface area contributed by atoms with Crippen LogP contribution in [0.3, 0.4) is 0 Å². The average Bonchev–Trinajstić information content (AvgIpc) is 2.40. The molecule has 102 valence electrons. The normalized spacial score (nSPS) is 31.3. The Morgan fingerprint density at radius 2 is 1.61 bits per heavy atom. The molecule has 0 amide bonds. The molecule has 2 aliphatic rings. The molecule has 0 spiro atoms. The van der Waals surface area contributed by atoms with E-state index in [4.69, 9.17) is 5.11 Å². The number of carboxylic acids is 1. The zero-order valence-corrected chi connectivity index (χ0v) is 11.5. The molecule has 2 aliphatic carbocycles. The highest BCUT2D eigenvalue weighted by Crippen LogP contribution is 2.42. The fourth-order valence-electron chi connectivity index (χ4n) is 3.94. The Kier molecular flexibility index (Phi) is 4.85. The first-order valence-corrected chi connectivity index (χ1v) is 7.60. The fraction of sp³-hybridized carbons (Fsp3) is 0.812. The summed E-state index contributed by atoms with van der Waals surface area (Å²) in [5, 5.41) is 9.04. The Morgan fingerprint density at radius 1 is 1.00 bits per heavy atom. The topological polar surface area (TPSA) is 37.3 Å². The molecule has 2 saturated carbocycles. The summed E-state index contributed by atoms with van der Waals surface area (Å²) in [5.74, 6) is 1.40. The molecule has 0 aromatic carbocycles. The van der Waals surface area contributed by atoms with E-state index in [9.17, 15) is 4.79 Å². The van der Waals surface area contributed by atoms with Crippen LogP contribution in [0.25, 0.3) is 0 Å². The molecule has 0 radical (unpaired) electrons. The van der Waals surface area contributed by atoms with Crippen molar-refractivity contribution < 1.29 is 9.90 Å². The maximum Gasteiger partial charge on any atom is 0.330 e. The summed E-state index contributed by atoms with van der Waals surface area (Å²) < 4.78 is 0. The SMILES string of the molecule is C/C(=C\C1CCCCC1C1CCCCC1)C(=O)O. The van der Waals surface area contributed by atoms with Crippen LogP contribution in [0.15, 0.2) is 11.6 Å². The quantitative estimate of drug-likeness (QED) is 0.754. The van der Waals surface area contributed by atoms with Gasteiger partial charge in [0.25, 0.3) is 0 Å². The minimum absolute atomic E-state index is 0.526. The van der Waals surface area contributed by atoms with E-state index in [0.717, 1.165) is 11.8 Å². The molecule has 0 aromatic rings. The Bertz CT molecular complexity index is 313. The first kappa shape index (κ1) is 13.6. The van der Waals surface area contributed by atoms with Crippen molar-refractivity contribution in [1.82, 2.24) is 0 Å². The lowest BCUT2D eigenvalue weighted by Crippen LogP contribution is -2.27. The molecule has 0 aromatic heterocycles. The van der Waals surface area contributed by atoms with E-state index in [0.29, 0.717) is 11.5 Å². The van der Waals surface area contributed by atoms with Crippen molar-refractivity contribution in [2.24, 2.45) is 17.8 Å². The summed E-state index contributed by atoms with van der Waals surface area (Å²) in [6, 6.07) is 0. The predicted octanol–water partition coefficient (Wildman–Crippen LogP) is 4.40. The molecule has 0 bridgehead atoms. The van der Waals surface area contributed by atoms with Gasteiger partial charge in [0.1, 0.15) is 0 Å². The molecule has 0 saturated heterocycles. The third-order valence-electron chi connectivity index (χ3n) is 4.93. The van der Waals surface area contributed by atoms with Crippen LogP contribution >= 0.6 is 0 Å². The van der Waals surface area contributed by atoms with Gasteiger partial charge in [-0.05, 0) is 37.5 Å². The summed E-state index contributed by atoms with van der Waals surface area (Å²) in [6.45, 7) is 1.74. The second-order valence-electron chi connectivity index (χ2n) is 6.17. The summed E-state index contributed by atoms with van der Waals surface area (Å²) in [7, 11) is 0. The van der Waals surface area contributed by atoms with Crippen molar-refractivity contribution in [3.05, 3.63) is 11.6 Å². The van der Waals surface area contributed by atoms with E-state index in [-0.39, 0.29) is 0 Å².